The first-order chi connectivity index (χ1) is 8.31. The van der Waals surface area contributed by atoms with Gasteiger partial charge in [0, 0.05) is 11.2 Å². The molecule has 0 aliphatic heterocycles. The average molecular weight is 248 g/mol. The number of benzene rings is 1. The molecule has 3 nitrogen and oxygen atoms in total. The quantitative estimate of drug-likeness (QED) is 0.645. The van der Waals surface area contributed by atoms with E-state index in [9.17, 15) is 0 Å². The summed E-state index contributed by atoms with van der Waals surface area (Å²) in [6.45, 7) is 0. The molecule has 17 heavy (non-hydrogen) atoms. The number of hydrazine groups is 1. The van der Waals surface area contributed by atoms with Gasteiger partial charge in [0.15, 0.2) is 0 Å². The Balaban J connectivity index is 2.19. The maximum Gasteiger partial charge on any atom is 0.0672 e. The number of hydrogen-bond acceptors (Lipinski definition) is 3. The lowest BCUT2D eigenvalue weighted by atomic mass is 10.0. The van der Waals surface area contributed by atoms with Gasteiger partial charge in [-0.15, -0.1) is 0 Å². The van der Waals surface area contributed by atoms with Crippen LogP contribution in [-0.2, 0) is 6.42 Å². The first-order valence-corrected chi connectivity index (χ1v) is 5.79. The van der Waals surface area contributed by atoms with Crippen molar-refractivity contribution in [3.63, 3.8) is 0 Å². The van der Waals surface area contributed by atoms with Crippen molar-refractivity contribution in [1.82, 2.24) is 10.4 Å². The molecule has 3 N–H and O–H groups in total. The number of nitrogens with zero attached hydrogens (tertiary/aromatic N) is 1. The molecule has 88 valence electrons. The minimum Gasteiger partial charge on any atom is -0.271 e. The minimum absolute atomic E-state index is 0.0314. The molecule has 0 aliphatic rings. The summed E-state index contributed by atoms with van der Waals surface area (Å²) in [7, 11) is 0. The maximum atomic E-state index is 6.12. The highest BCUT2D eigenvalue weighted by atomic mass is 35.5. The van der Waals surface area contributed by atoms with Crippen LogP contribution in [0.15, 0.2) is 48.7 Å². The Bertz CT molecular complexity index is 473. The lowest BCUT2D eigenvalue weighted by molar-refractivity contribution is 0.538. The smallest absolute Gasteiger partial charge is 0.0672 e. The number of rotatable bonds is 4. The summed E-state index contributed by atoms with van der Waals surface area (Å²) >= 11 is 6.12. The fourth-order valence-corrected chi connectivity index (χ4v) is 1.93. The van der Waals surface area contributed by atoms with Gasteiger partial charge in [0.05, 0.1) is 11.7 Å². The van der Waals surface area contributed by atoms with E-state index < -0.39 is 0 Å². The molecular weight excluding hydrogens is 234 g/mol. The fourth-order valence-electron chi connectivity index (χ4n) is 1.71. The third kappa shape index (κ3) is 3.03. The van der Waals surface area contributed by atoms with Crippen molar-refractivity contribution in [2.75, 3.05) is 0 Å². The Labute approximate surface area is 106 Å². The van der Waals surface area contributed by atoms with E-state index in [1.165, 1.54) is 0 Å². The Kier molecular flexibility index (Phi) is 4.09. The maximum absolute atomic E-state index is 6.12. The SMILES string of the molecule is NNC(Cc1ccccc1Cl)c1ccccn1. The van der Waals surface area contributed by atoms with Gasteiger partial charge in [-0.05, 0) is 30.2 Å². The van der Waals surface area contributed by atoms with E-state index >= 15 is 0 Å². The van der Waals surface area contributed by atoms with Gasteiger partial charge in [0.1, 0.15) is 0 Å². The molecule has 0 radical (unpaired) electrons. The van der Waals surface area contributed by atoms with Crippen molar-refractivity contribution in [3.05, 3.63) is 64.9 Å². The molecule has 1 aromatic heterocycles. The average Bonchev–Trinajstić information content (AvgIpc) is 2.39. The molecule has 2 rings (SSSR count). The molecule has 0 amide bonds. The summed E-state index contributed by atoms with van der Waals surface area (Å²) in [4.78, 5) is 4.29. The number of halogens is 1. The Morgan fingerprint density at radius 3 is 2.59 bits per heavy atom. The third-order valence-electron chi connectivity index (χ3n) is 2.63. The van der Waals surface area contributed by atoms with Crippen molar-refractivity contribution >= 4 is 11.6 Å². The van der Waals surface area contributed by atoms with Gasteiger partial charge in [0.2, 0.25) is 0 Å². The predicted molar refractivity (Wildman–Crippen MR) is 69.5 cm³/mol. The van der Waals surface area contributed by atoms with Gasteiger partial charge in [-0.1, -0.05) is 35.9 Å². The van der Waals surface area contributed by atoms with Crippen LogP contribution in [0.25, 0.3) is 0 Å². The van der Waals surface area contributed by atoms with E-state index in [1.54, 1.807) is 6.20 Å². The zero-order valence-corrected chi connectivity index (χ0v) is 10.1. The number of nitrogens with one attached hydrogen (secondary N) is 1. The van der Waals surface area contributed by atoms with Gasteiger partial charge in [0.25, 0.3) is 0 Å². The summed E-state index contributed by atoms with van der Waals surface area (Å²) < 4.78 is 0. The molecule has 1 heterocycles. The van der Waals surface area contributed by atoms with Gasteiger partial charge < -0.3 is 0 Å². The molecule has 1 atom stereocenters. The van der Waals surface area contributed by atoms with Crippen LogP contribution in [0.2, 0.25) is 5.02 Å². The number of pyridine rings is 1. The molecule has 1 unspecified atom stereocenters. The van der Waals surface area contributed by atoms with Crippen molar-refractivity contribution in [1.29, 1.82) is 0 Å². The second-order valence-electron chi connectivity index (χ2n) is 3.77. The molecule has 1 aromatic carbocycles. The van der Waals surface area contributed by atoms with Crippen LogP contribution >= 0.6 is 11.6 Å². The van der Waals surface area contributed by atoms with Crippen LogP contribution in [0.4, 0.5) is 0 Å². The second-order valence-corrected chi connectivity index (χ2v) is 4.18. The van der Waals surface area contributed by atoms with Gasteiger partial charge in [-0.3, -0.25) is 16.3 Å². The van der Waals surface area contributed by atoms with Gasteiger partial charge >= 0.3 is 0 Å². The van der Waals surface area contributed by atoms with Crippen molar-refractivity contribution in [3.8, 4) is 0 Å². The predicted octanol–water partition coefficient (Wildman–Crippen LogP) is 2.48. The summed E-state index contributed by atoms with van der Waals surface area (Å²) in [5.41, 5.74) is 4.74. The Morgan fingerprint density at radius 1 is 1.18 bits per heavy atom. The zero-order chi connectivity index (χ0) is 12.1. The summed E-state index contributed by atoms with van der Waals surface area (Å²) in [6.07, 6.45) is 2.47. The molecule has 2 aromatic rings. The highest BCUT2D eigenvalue weighted by molar-refractivity contribution is 6.31. The van der Waals surface area contributed by atoms with E-state index in [0.29, 0.717) is 6.42 Å². The van der Waals surface area contributed by atoms with Crippen LogP contribution in [-0.4, -0.2) is 4.98 Å². The molecule has 0 saturated carbocycles. The van der Waals surface area contributed by atoms with Crippen LogP contribution in [0, 0.1) is 0 Å². The van der Waals surface area contributed by atoms with E-state index in [1.807, 2.05) is 42.5 Å². The zero-order valence-electron chi connectivity index (χ0n) is 9.31. The molecule has 4 heteroatoms. The van der Waals surface area contributed by atoms with E-state index in [-0.39, 0.29) is 6.04 Å². The number of aromatic nitrogens is 1. The highest BCUT2D eigenvalue weighted by Crippen LogP contribution is 2.21. The topological polar surface area (TPSA) is 50.9 Å². The van der Waals surface area contributed by atoms with E-state index in [0.717, 1.165) is 16.3 Å². The summed E-state index contributed by atoms with van der Waals surface area (Å²) in [5.74, 6) is 5.57. The standard InChI is InChI=1S/C13H14ClN3/c14-11-6-2-1-5-10(11)9-13(17-15)12-7-3-4-8-16-12/h1-8,13,17H,9,15H2. The van der Waals surface area contributed by atoms with Crippen molar-refractivity contribution in [2.45, 2.75) is 12.5 Å². The van der Waals surface area contributed by atoms with Crippen LogP contribution in [0.1, 0.15) is 17.3 Å². The first-order valence-electron chi connectivity index (χ1n) is 5.41. The largest absolute Gasteiger partial charge is 0.271 e. The van der Waals surface area contributed by atoms with Crippen LogP contribution in [0.3, 0.4) is 0 Å². The molecule has 0 saturated heterocycles. The minimum atomic E-state index is -0.0314. The summed E-state index contributed by atoms with van der Waals surface area (Å²) in [6, 6.07) is 13.5. The summed E-state index contributed by atoms with van der Waals surface area (Å²) in [5, 5.41) is 0.753. The third-order valence-corrected chi connectivity index (χ3v) is 3.00. The highest BCUT2D eigenvalue weighted by Gasteiger charge is 2.12. The molecular formula is C13H14ClN3. The Hall–Kier alpha value is -1.42. The van der Waals surface area contributed by atoms with Crippen molar-refractivity contribution in [2.24, 2.45) is 5.84 Å². The van der Waals surface area contributed by atoms with Gasteiger partial charge in [-0.2, -0.15) is 0 Å². The van der Waals surface area contributed by atoms with E-state index in [2.05, 4.69) is 10.4 Å². The lowest BCUT2D eigenvalue weighted by Crippen LogP contribution is -2.30. The van der Waals surface area contributed by atoms with Gasteiger partial charge in [-0.25, -0.2) is 0 Å². The van der Waals surface area contributed by atoms with E-state index in [4.69, 9.17) is 17.4 Å². The number of hydrogen-bond donors (Lipinski definition) is 2. The van der Waals surface area contributed by atoms with Crippen molar-refractivity contribution < 1.29 is 0 Å². The van der Waals surface area contributed by atoms with Crippen LogP contribution < -0.4 is 11.3 Å². The normalized spacial score (nSPS) is 12.4. The molecule has 0 bridgehead atoms. The lowest BCUT2D eigenvalue weighted by Gasteiger charge is -2.15. The monoisotopic (exact) mass is 247 g/mol. The molecule has 0 fully saturated rings. The second kappa shape index (κ2) is 5.77. The Morgan fingerprint density at radius 2 is 1.94 bits per heavy atom. The molecule has 0 spiro atoms. The molecule has 0 aliphatic carbocycles. The first kappa shape index (κ1) is 12.0. The van der Waals surface area contributed by atoms with Crippen LogP contribution in [0.5, 0.6) is 0 Å². The number of nitrogens with two attached hydrogens (primary N) is 1. The fraction of sp³-hybridized carbons (Fsp3) is 0.154.